The van der Waals surface area contributed by atoms with Crippen molar-refractivity contribution in [2.45, 2.75) is 19.5 Å². The molecule has 3 heterocycles. The van der Waals surface area contributed by atoms with E-state index in [0.29, 0.717) is 34.4 Å². The van der Waals surface area contributed by atoms with Crippen LogP contribution in [0.3, 0.4) is 0 Å². The van der Waals surface area contributed by atoms with Gasteiger partial charge in [0.05, 0.1) is 40.4 Å². The molecule has 0 bridgehead atoms. The zero-order valence-electron chi connectivity index (χ0n) is 20.4. The van der Waals surface area contributed by atoms with Crippen molar-refractivity contribution in [3.63, 3.8) is 0 Å². The number of fused-ring (bicyclic) bond motifs is 1. The summed E-state index contributed by atoms with van der Waals surface area (Å²) in [6.07, 6.45) is 5.11. The molecule has 9 heteroatoms. The van der Waals surface area contributed by atoms with Crippen LogP contribution < -0.4 is 0 Å². The number of aromatic nitrogens is 4. The Morgan fingerprint density at radius 1 is 1.05 bits per heavy atom. The topological polar surface area (TPSA) is 107 Å². The van der Waals surface area contributed by atoms with Gasteiger partial charge in [-0.2, -0.15) is 5.10 Å². The molecule has 5 rings (SSSR count). The number of amides is 1. The molecule has 0 N–H and O–H groups in total. The minimum absolute atomic E-state index is 0.0137. The molecule has 0 radical (unpaired) electrons. The molecule has 2 aromatic carbocycles. The van der Waals surface area contributed by atoms with Crippen molar-refractivity contribution in [1.82, 2.24) is 24.6 Å². The van der Waals surface area contributed by atoms with Crippen molar-refractivity contribution in [3.05, 3.63) is 118 Å². The van der Waals surface area contributed by atoms with Gasteiger partial charge in [0.1, 0.15) is 0 Å². The number of hydrogen-bond acceptors (Lipinski definition) is 6. The fourth-order valence-electron chi connectivity index (χ4n) is 4.25. The third kappa shape index (κ3) is 4.79. The average Bonchev–Trinajstić information content (AvgIpc) is 3.34. The minimum atomic E-state index is -0.437. The zero-order valence-corrected chi connectivity index (χ0v) is 20.4. The maximum atomic E-state index is 13.9. The fourth-order valence-corrected chi connectivity index (χ4v) is 4.25. The van der Waals surface area contributed by atoms with Gasteiger partial charge in [-0.05, 0) is 36.2 Å². The Hall–Kier alpha value is -4.92. The van der Waals surface area contributed by atoms with E-state index in [0.717, 1.165) is 11.1 Å². The third-order valence-corrected chi connectivity index (χ3v) is 6.46. The number of nitrogens with zero attached hydrogens (tertiary/aromatic N) is 6. The summed E-state index contributed by atoms with van der Waals surface area (Å²) in [5.41, 5.74) is 4.26. The lowest BCUT2D eigenvalue weighted by Gasteiger charge is -2.26. The van der Waals surface area contributed by atoms with Crippen LogP contribution >= 0.6 is 0 Å². The Morgan fingerprint density at radius 2 is 1.81 bits per heavy atom. The van der Waals surface area contributed by atoms with Crippen LogP contribution in [0.2, 0.25) is 0 Å². The number of carbonyl (C=O) groups excluding carboxylic acids is 1. The van der Waals surface area contributed by atoms with Gasteiger partial charge in [0.25, 0.3) is 11.6 Å². The third-order valence-electron chi connectivity index (χ3n) is 6.46. The van der Waals surface area contributed by atoms with Gasteiger partial charge >= 0.3 is 0 Å². The van der Waals surface area contributed by atoms with Gasteiger partial charge in [-0.3, -0.25) is 19.9 Å². The van der Waals surface area contributed by atoms with E-state index in [1.807, 2.05) is 49.4 Å². The van der Waals surface area contributed by atoms with E-state index < -0.39 is 11.0 Å². The van der Waals surface area contributed by atoms with E-state index in [-0.39, 0.29) is 11.6 Å². The summed E-state index contributed by atoms with van der Waals surface area (Å²) in [4.78, 5) is 35.2. The summed E-state index contributed by atoms with van der Waals surface area (Å²) < 4.78 is 1.78. The van der Waals surface area contributed by atoms with Gasteiger partial charge in [0, 0.05) is 37.1 Å². The average molecular weight is 493 g/mol. The molecule has 0 saturated heterocycles. The first-order valence-corrected chi connectivity index (χ1v) is 11.7. The van der Waals surface area contributed by atoms with Gasteiger partial charge in [-0.15, -0.1) is 0 Å². The fraction of sp³-hybridized carbons (Fsp3) is 0.143. The van der Waals surface area contributed by atoms with Crippen LogP contribution in [-0.2, 0) is 6.54 Å². The Labute approximate surface area is 213 Å². The molecular formula is C28H24N6O3. The smallest absolute Gasteiger partial charge is 0.269 e. The number of nitro groups is 1. The van der Waals surface area contributed by atoms with Gasteiger partial charge in [0.2, 0.25) is 0 Å². The zero-order chi connectivity index (χ0) is 25.9. The summed E-state index contributed by atoms with van der Waals surface area (Å²) in [6.45, 7) is 2.32. The van der Waals surface area contributed by atoms with Crippen molar-refractivity contribution in [2.24, 2.45) is 0 Å². The molecule has 1 amide bonds. The summed E-state index contributed by atoms with van der Waals surface area (Å²) in [5, 5.41) is 16.4. The predicted molar refractivity (Wildman–Crippen MR) is 140 cm³/mol. The lowest BCUT2D eigenvalue weighted by molar-refractivity contribution is -0.384. The summed E-state index contributed by atoms with van der Waals surface area (Å²) in [5.74, 6) is -0.230. The van der Waals surface area contributed by atoms with Crippen molar-refractivity contribution in [2.75, 3.05) is 7.05 Å². The molecule has 9 nitrogen and oxygen atoms in total. The number of carbonyl (C=O) groups is 1. The molecule has 3 aromatic heterocycles. The van der Waals surface area contributed by atoms with E-state index >= 15 is 0 Å². The van der Waals surface area contributed by atoms with Crippen LogP contribution in [0.15, 0.2) is 91.4 Å². The van der Waals surface area contributed by atoms with E-state index in [2.05, 4.69) is 10.1 Å². The maximum Gasteiger partial charge on any atom is 0.269 e. The highest BCUT2D eigenvalue weighted by Crippen LogP contribution is 2.29. The Bertz CT molecular complexity index is 1580. The Kier molecular flexibility index (Phi) is 6.42. The number of pyridine rings is 2. The van der Waals surface area contributed by atoms with Gasteiger partial charge in [-0.25, -0.2) is 9.67 Å². The number of benzene rings is 2. The number of non-ortho nitro benzene ring substituents is 1. The highest BCUT2D eigenvalue weighted by atomic mass is 16.6. The first-order chi connectivity index (χ1) is 17.9. The van der Waals surface area contributed by atoms with Crippen LogP contribution in [0, 0.1) is 10.1 Å². The maximum absolute atomic E-state index is 13.9. The van der Waals surface area contributed by atoms with Crippen LogP contribution in [-0.4, -0.2) is 42.5 Å². The van der Waals surface area contributed by atoms with Gasteiger partial charge in [0.15, 0.2) is 5.65 Å². The first-order valence-electron chi connectivity index (χ1n) is 11.7. The molecule has 5 aromatic rings. The summed E-state index contributed by atoms with van der Waals surface area (Å²) in [7, 11) is 1.70. The Balaban J connectivity index is 1.58. The molecule has 0 aliphatic heterocycles. The Morgan fingerprint density at radius 3 is 2.54 bits per heavy atom. The lowest BCUT2D eigenvalue weighted by atomic mass is 10.0. The number of hydrogen-bond donors (Lipinski definition) is 0. The molecule has 0 saturated carbocycles. The highest BCUT2D eigenvalue weighted by molar-refractivity contribution is 6.06. The summed E-state index contributed by atoms with van der Waals surface area (Å²) >= 11 is 0. The van der Waals surface area contributed by atoms with Crippen molar-refractivity contribution in [3.8, 4) is 11.3 Å². The standard InChI is InChI=1S/C28H24N6O3/c1-19(22-9-6-10-23(15-22)34(36)37)32(2)28(35)24-16-26(21-7-4-3-5-8-21)31-27-25(24)17-30-33(27)18-20-11-13-29-14-12-20/h3-17,19H,18H2,1-2H3. The van der Waals surface area contributed by atoms with Crippen LogP contribution in [0.4, 0.5) is 5.69 Å². The predicted octanol–water partition coefficient (Wildman–Crippen LogP) is 5.28. The quantitative estimate of drug-likeness (QED) is 0.226. The summed E-state index contributed by atoms with van der Waals surface area (Å²) in [6, 6.07) is 21.2. The highest BCUT2D eigenvalue weighted by Gasteiger charge is 2.24. The molecule has 0 aliphatic carbocycles. The van der Waals surface area contributed by atoms with Crippen molar-refractivity contribution in [1.29, 1.82) is 0 Å². The minimum Gasteiger partial charge on any atom is -0.335 e. The second kappa shape index (κ2) is 9.98. The number of rotatable bonds is 7. The molecule has 37 heavy (non-hydrogen) atoms. The first kappa shape index (κ1) is 23.8. The van der Waals surface area contributed by atoms with Crippen LogP contribution in [0.5, 0.6) is 0 Å². The molecular weight excluding hydrogens is 468 g/mol. The second-order valence-electron chi connectivity index (χ2n) is 8.76. The second-order valence-corrected chi connectivity index (χ2v) is 8.76. The molecule has 184 valence electrons. The number of nitro benzene ring substituents is 1. The van der Waals surface area contributed by atoms with Crippen LogP contribution in [0.25, 0.3) is 22.3 Å². The van der Waals surface area contributed by atoms with Gasteiger partial charge in [-0.1, -0.05) is 42.5 Å². The van der Waals surface area contributed by atoms with E-state index in [9.17, 15) is 14.9 Å². The lowest BCUT2D eigenvalue weighted by Crippen LogP contribution is -2.30. The normalized spacial score (nSPS) is 11.8. The van der Waals surface area contributed by atoms with Crippen molar-refractivity contribution >= 4 is 22.6 Å². The monoisotopic (exact) mass is 492 g/mol. The van der Waals surface area contributed by atoms with Crippen molar-refractivity contribution < 1.29 is 9.72 Å². The van der Waals surface area contributed by atoms with Crippen LogP contribution in [0.1, 0.15) is 34.5 Å². The molecule has 0 spiro atoms. The van der Waals surface area contributed by atoms with E-state index in [1.165, 1.54) is 12.1 Å². The van der Waals surface area contributed by atoms with E-state index in [1.54, 1.807) is 53.4 Å². The molecule has 0 fully saturated rings. The molecule has 0 aliphatic rings. The molecule has 1 unspecified atom stereocenters. The largest absolute Gasteiger partial charge is 0.335 e. The van der Waals surface area contributed by atoms with Gasteiger partial charge < -0.3 is 4.90 Å². The SMILES string of the molecule is CC(c1cccc([N+](=O)[O-])c1)N(C)C(=O)c1cc(-c2ccccc2)nc2c1cnn2Cc1ccncc1. The van der Waals surface area contributed by atoms with E-state index in [4.69, 9.17) is 4.98 Å². The molecule has 1 atom stereocenters.